The largest absolute Gasteiger partial charge is 0.353 e. The summed E-state index contributed by atoms with van der Waals surface area (Å²) >= 11 is 0. The fourth-order valence-electron chi connectivity index (χ4n) is 1.92. The molecule has 2 rings (SSSR count). The summed E-state index contributed by atoms with van der Waals surface area (Å²) in [7, 11) is -2.79. The SMILES string of the molecule is O=C(CC1CCS(=O)(=O)CC1)NC1CC1. The van der Waals surface area contributed by atoms with Gasteiger partial charge in [-0.05, 0) is 31.6 Å². The zero-order chi connectivity index (χ0) is 10.9. The van der Waals surface area contributed by atoms with Gasteiger partial charge in [0, 0.05) is 12.5 Å². The summed E-state index contributed by atoms with van der Waals surface area (Å²) in [6.07, 6.45) is 4.02. The number of amides is 1. The average Bonchev–Trinajstić information content (AvgIpc) is 2.92. The molecule has 15 heavy (non-hydrogen) atoms. The van der Waals surface area contributed by atoms with Crippen molar-refractivity contribution in [2.45, 2.75) is 38.1 Å². The summed E-state index contributed by atoms with van der Waals surface area (Å²) in [5, 5.41) is 2.93. The van der Waals surface area contributed by atoms with Crippen LogP contribution < -0.4 is 5.32 Å². The van der Waals surface area contributed by atoms with Crippen LogP contribution in [0.3, 0.4) is 0 Å². The van der Waals surface area contributed by atoms with Crippen molar-refractivity contribution in [3.63, 3.8) is 0 Å². The zero-order valence-electron chi connectivity index (χ0n) is 8.74. The number of sulfone groups is 1. The van der Waals surface area contributed by atoms with Crippen molar-refractivity contribution in [2.24, 2.45) is 5.92 Å². The number of rotatable bonds is 3. The summed E-state index contributed by atoms with van der Waals surface area (Å²) in [5.41, 5.74) is 0. The molecule has 1 saturated heterocycles. The van der Waals surface area contributed by atoms with Crippen LogP contribution in [0.1, 0.15) is 32.1 Å². The van der Waals surface area contributed by atoms with E-state index in [9.17, 15) is 13.2 Å². The van der Waals surface area contributed by atoms with E-state index in [1.807, 2.05) is 0 Å². The Labute approximate surface area is 90.3 Å². The summed E-state index contributed by atoms with van der Waals surface area (Å²) < 4.78 is 22.3. The molecule has 0 aromatic rings. The first-order valence-electron chi connectivity index (χ1n) is 5.55. The Kier molecular flexibility index (Phi) is 3.00. The van der Waals surface area contributed by atoms with Gasteiger partial charge in [-0.15, -0.1) is 0 Å². The van der Waals surface area contributed by atoms with Crippen LogP contribution in [0, 0.1) is 5.92 Å². The minimum Gasteiger partial charge on any atom is -0.353 e. The fraction of sp³-hybridized carbons (Fsp3) is 0.900. The summed E-state index contributed by atoms with van der Waals surface area (Å²) in [6, 6.07) is 0.407. The van der Waals surface area contributed by atoms with Gasteiger partial charge in [0.25, 0.3) is 0 Å². The molecule has 1 N–H and O–H groups in total. The second-order valence-corrected chi connectivity index (χ2v) is 6.94. The Morgan fingerprint density at radius 1 is 1.13 bits per heavy atom. The van der Waals surface area contributed by atoms with E-state index in [0.717, 1.165) is 12.8 Å². The van der Waals surface area contributed by atoms with Gasteiger partial charge in [-0.3, -0.25) is 4.79 Å². The Bertz CT molecular complexity index is 332. The third-order valence-electron chi connectivity index (χ3n) is 3.09. The molecule has 2 fully saturated rings. The van der Waals surface area contributed by atoms with Crippen molar-refractivity contribution in [3.8, 4) is 0 Å². The lowest BCUT2D eigenvalue weighted by Crippen LogP contribution is -2.31. The molecule has 0 unspecified atom stereocenters. The lowest BCUT2D eigenvalue weighted by Gasteiger charge is -2.21. The molecule has 0 aromatic carbocycles. The van der Waals surface area contributed by atoms with E-state index >= 15 is 0 Å². The van der Waals surface area contributed by atoms with Crippen molar-refractivity contribution < 1.29 is 13.2 Å². The topological polar surface area (TPSA) is 63.2 Å². The van der Waals surface area contributed by atoms with E-state index in [4.69, 9.17) is 0 Å². The predicted molar refractivity (Wildman–Crippen MR) is 57.2 cm³/mol. The number of carbonyl (C=O) groups excluding carboxylic acids is 1. The second kappa shape index (κ2) is 4.12. The van der Waals surface area contributed by atoms with Gasteiger partial charge in [0.15, 0.2) is 0 Å². The molecule has 0 atom stereocenters. The van der Waals surface area contributed by atoms with Crippen molar-refractivity contribution in [2.75, 3.05) is 11.5 Å². The van der Waals surface area contributed by atoms with E-state index in [2.05, 4.69) is 5.32 Å². The number of hydrogen-bond acceptors (Lipinski definition) is 3. The van der Waals surface area contributed by atoms with Gasteiger partial charge < -0.3 is 5.32 Å². The monoisotopic (exact) mass is 231 g/mol. The van der Waals surface area contributed by atoms with Crippen LogP contribution in [0.15, 0.2) is 0 Å². The Hall–Kier alpha value is -0.580. The molecule has 0 bridgehead atoms. The van der Waals surface area contributed by atoms with Crippen molar-refractivity contribution in [3.05, 3.63) is 0 Å². The van der Waals surface area contributed by atoms with Crippen molar-refractivity contribution in [1.82, 2.24) is 5.32 Å². The van der Waals surface area contributed by atoms with Gasteiger partial charge in [0.2, 0.25) is 5.91 Å². The normalized spacial score (nSPS) is 26.1. The highest BCUT2D eigenvalue weighted by atomic mass is 32.2. The maximum absolute atomic E-state index is 11.5. The average molecular weight is 231 g/mol. The molecular weight excluding hydrogens is 214 g/mol. The highest BCUT2D eigenvalue weighted by Crippen LogP contribution is 2.23. The van der Waals surface area contributed by atoms with Crippen LogP contribution in [0.4, 0.5) is 0 Å². The van der Waals surface area contributed by atoms with Crippen molar-refractivity contribution >= 4 is 15.7 Å². The first-order valence-corrected chi connectivity index (χ1v) is 7.37. The zero-order valence-corrected chi connectivity index (χ0v) is 9.55. The molecule has 0 spiro atoms. The number of carbonyl (C=O) groups is 1. The quantitative estimate of drug-likeness (QED) is 0.768. The molecule has 1 amide bonds. The highest BCUT2D eigenvalue weighted by Gasteiger charge is 2.28. The highest BCUT2D eigenvalue weighted by molar-refractivity contribution is 7.91. The van der Waals surface area contributed by atoms with Crippen LogP contribution in [0.5, 0.6) is 0 Å². The summed E-state index contributed by atoms with van der Waals surface area (Å²) in [5.74, 6) is 0.886. The molecule has 2 aliphatic rings. The van der Waals surface area contributed by atoms with Crippen LogP contribution in [-0.2, 0) is 14.6 Å². The lowest BCUT2D eigenvalue weighted by molar-refractivity contribution is -0.122. The van der Waals surface area contributed by atoms with E-state index in [-0.39, 0.29) is 23.3 Å². The van der Waals surface area contributed by atoms with Gasteiger partial charge in [0.1, 0.15) is 9.84 Å². The number of hydrogen-bond donors (Lipinski definition) is 1. The van der Waals surface area contributed by atoms with E-state index < -0.39 is 9.84 Å². The van der Waals surface area contributed by atoms with Crippen LogP contribution >= 0.6 is 0 Å². The molecule has 86 valence electrons. The third kappa shape index (κ3) is 3.48. The van der Waals surface area contributed by atoms with Gasteiger partial charge in [0.05, 0.1) is 11.5 Å². The summed E-state index contributed by atoms with van der Waals surface area (Å²) in [6.45, 7) is 0. The van der Waals surface area contributed by atoms with Crippen molar-refractivity contribution in [1.29, 1.82) is 0 Å². The first-order chi connectivity index (χ1) is 7.05. The molecule has 1 aliphatic heterocycles. The second-order valence-electron chi connectivity index (χ2n) is 4.64. The maximum Gasteiger partial charge on any atom is 0.220 e. The third-order valence-corrected chi connectivity index (χ3v) is 4.81. The van der Waals surface area contributed by atoms with E-state index in [0.29, 0.717) is 25.3 Å². The van der Waals surface area contributed by atoms with E-state index in [1.165, 1.54) is 0 Å². The lowest BCUT2D eigenvalue weighted by atomic mass is 9.98. The van der Waals surface area contributed by atoms with Crippen LogP contribution in [-0.4, -0.2) is 31.9 Å². The minimum atomic E-state index is -2.79. The number of nitrogens with one attached hydrogen (secondary N) is 1. The molecule has 1 aliphatic carbocycles. The molecule has 5 heteroatoms. The smallest absolute Gasteiger partial charge is 0.220 e. The molecule has 4 nitrogen and oxygen atoms in total. The van der Waals surface area contributed by atoms with Crippen LogP contribution in [0.25, 0.3) is 0 Å². The molecule has 1 saturated carbocycles. The minimum absolute atomic E-state index is 0.0989. The summed E-state index contributed by atoms with van der Waals surface area (Å²) in [4.78, 5) is 11.5. The molecule has 1 heterocycles. The Morgan fingerprint density at radius 3 is 2.27 bits per heavy atom. The fourth-order valence-corrected chi connectivity index (χ4v) is 3.51. The Balaban J connectivity index is 1.73. The molecular formula is C10H17NO3S. The maximum atomic E-state index is 11.5. The Morgan fingerprint density at radius 2 is 1.73 bits per heavy atom. The first kappa shape index (κ1) is 10.9. The van der Waals surface area contributed by atoms with E-state index in [1.54, 1.807) is 0 Å². The predicted octanol–water partition coefficient (Wildman–Crippen LogP) is 0.480. The van der Waals surface area contributed by atoms with Gasteiger partial charge in [-0.25, -0.2) is 8.42 Å². The van der Waals surface area contributed by atoms with Gasteiger partial charge in [-0.1, -0.05) is 0 Å². The molecule has 0 radical (unpaired) electrons. The molecule has 0 aromatic heterocycles. The standard InChI is InChI=1S/C10H17NO3S/c12-10(11-9-1-2-9)7-8-3-5-15(13,14)6-4-8/h8-9H,1-7H2,(H,11,12). The van der Waals surface area contributed by atoms with Crippen LogP contribution in [0.2, 0.25) is 0 Å². The van der Waals surface area contributed by atoms with Gasteiger partial charge in [-0.2, -0.15) is 0 Å². The van der Waals surface area contributed by atoms with Gasteiger partial charge >= 0.3 is 0 Å².